The van der Waals surface area contributed by atoms with E-state index in [9.17, 15) is 5.11 Å². The standard InChI is InChI=1S/C18H21BrN2O2/c1-2-14-8-18(16(19)9-17(14)20)21-10-15(22)12-23-11-13-6-4-3-5-7-13/h2-9,15,21-22H,1,10-12,20H2/t15-/m1/s1. The molecule has 5 heteroatoms. The van der Waals surface area contributed by atoms with E-state index >= 15 is 0 Å². The lowest BCUT2D eigenvalue weighted by Gasteiger charge is -2.15. The number of halogens is 1. The van der Waals surface area contributed by atoms with Crippen LogP contribution in [0, 0.1) is 0 Å². The Hall–Kier alpha value is -1.82. The predicted molar refractivity (Wildman–Crippen MR) is 99.2 cm³/mol. The number of nitrogen functional groups attached to an aromatic ring is 1. The Kier molecular flexibility index (Phi) is 6.65. The highest BCUT2D eigenvalue weighted by Crippen LogP contribution is 2.28. The summed E-state index contributed by atoms with van der Waals surface area (Å²) in [6.07, 6.45) is 1.10. The van der Waals surface area contributed by atoms with Crippen LogP contribution in [0.25, 0.3) is 6.08 Å². The molecule has 122 valence electrons. The predicted octanol–water partition coefficient (Wildman–Crippen LogP) is 3.66. The van der Waals surface area contributed by atoms with Gasteiger partial charge in [0.15, 0.2) is 0 Å². The van der Waals surface area contributed by atoms with Gasteiger partial charge in [0.1, 0.15) is 0 Å². The van der Waals surface area contributed by atoms with E-state index in [4.69, 9.17) is 10.5 Å². The fraction of sp³-hybridized carbons (Fsp3) is 0.222. The maximum Gasteiger partial charge on any atom is 0.0945 e. The smallest absolute Gasteiger partial charge is 0.0945 e. The van der Waals surface area contributed by atoms with Gasteiger partial charge in [0.2, 0.25) is 0 Å². The molecule has 0 heterocycles. The van der Waals surface area contributed by atoms with Crippen molar-refractivity contribution < 1.29 is 9.84 Å². The highest BCUT2D eigenvalue weighted by molar-refractivity contribution is 9.10. The molecule has 1 atom stereocenters. The van der Waals surface area contributed by atoms with Gasteiger partial charge in [-0.3, -0.25) is 0 Å². The maximum absolute atomic E-state index is 10.0. The molecule has 0 bridgehead atoms. The first-order chi connectivity index (χ1) is 11.1. The van der Waals surface area contributed by atoms with Gasteiger partial charge in [-0.15, -0.1) is 0 Å². The summed E-state index contributed by atoms with van der Waals surface area (Å²) >= 11 is 3.45. The molecule has 0 aliphatic rings. The molecule has 0 amide bonds. The first-order valence-corrected chi connectivity index (χ1v) is 8.14. The van der Waals surface area contributed by atoms with Gasteiger partial charge in [-0.2, -0.15) is 0 Å². The molecule has 2 aromatic rings. The molecule has 0 saturated heterocycles. The third kappa shape index (κ3) is 5.39. The summed E-state index contributed by atoms with van der Waals surface area (Å²) in [7, 11) is 0. The van der Waals surface area contributed by atoms with E-state index in [0.717, 1.165) is 21.3 Å². The van der Waals surface area contributed by atoms with E-state index in [0.29, 0.717) is 18.8 Å². The van der Waals surface area contributed by atoms with Crippen molar-refractivity contribution in [2.75, 3.05) is 24.2 Å². The maximum atomic E-state index is 10.0. The van der Waals surface area contributed by atoms with Crippen LogP contribution in [0.4, 0.5) is 11.4 Å². The first kappa shape index (κ1) is 17.5. The zero-order valence-electron chi connectivity index (χ0n) is 12.8. The summed E-state index contributed by atoms with van der Waals surface area (Å²) in [6.45, 7) is 4.87. The number of anilines is 2. The average molecular weight is 377 g/mol. The molecule has 0 aromatic heterocycles. The average Bonchev–Trinajstić information content (AvgIpc) is 2.55. The largest absolute Gasteiger partial charge is 0.398 e. The zero-order chi connectivity index (χ0) is 16.7. The molecule has 4 nitrogen and oxygen atoms in total. The van der Waals surface area contributed by atoms with Gasteiger partial charge in [0, 0.05) is 22.4 Å². The fourth-order valence-electron chi connectivity index (χ4n) is 2.09. The van der Waals surface area contributed by atoms with Gasteiger partial charge in [-0.25, -0.2) is 0 Å². The summed E-state index contributed by atoms with van der Waals surface area (Å²) < 4.78 is 6.37. The van der Waals surface area contributed by atoms with Gasteiger partial charge < -0.3 is 20.9 Å². The SMILES string of the molecule is C=Cc1cc(NC[C@@H](O)COCc2ccccc2)c(Br)cc1N. The van der Waals surface area contributed by atoms with Crippen molar-refractivity contribution in [2.45, 2.75) is 12.7 Å². The first-order valence-electron chi connectivity index (χ1n) is 7.35. The summed E-state index contributed by atoms with van der Waals surface area (Å²) in [5.41, 5.74) is 9.33. The van der Waals surface area contributed by atoms with Gasteiger partial charge in [0.25, 0.3) is 0 Å². The third-order valence-electron chi connectivity index (χ3n) is 3.34. The van der Waals surface area contributed by atoms with Gasteiger partial charge in [0.05, 0.1) is 19.3 Å². The molecule has 0 spiro atoms. The van der Waals surface area contributed by atoms with Crippen LogP contribution in [-0.4, -0.2) is 24.4 Å². The van der Waals surface area contributed by atoms with Crippen LogP contribution in [-0.2, 0) is 11.3 Å². The molecule has 0 aliphatic carbocycles. The zero-order valence-corrected chi connectivity index (χ0v) is 14.4. The molecule has 0 unspecified atom stereocenters. The Morgan fingerprint density at radius 3 is 2.74 bits per heavy atom. The van der Waals surface area contributed by atoms with Crippen LogP contribution in [0.3, 0.4) is 0 Å². The Balaban J connectivity index is 1.80. The number of benzene rings is 2. The van der Waals surface area contributed by atoms with Crippen molar-refractivity contribution in [3.05, 3.63) is 64.6 Å². The molecule has 2 rings (SSSR count). The number of rotatable bonds is 8. The van der Waals surface area contributed by atoms with Crippen LogP contribution >= 0.6 is 15.9 Å². The fourth-order valence-corrected chi connectivity index (χ4v) is 2.59. The number of hydrogen-bond acceptors (Lipinski definition) is 4. The lowest BCUT2D eigenvalue weighted by atomic mass is 10.1. The number of nitrogens with one attached hydrogen (secondary N) is 1. The van der Waals surface area contributed by atoms with Gasteiger partial charge >= 0.3 is 0 Å². The molecule has 4 N–H and O–H groups in total. The number of ether oxygens (including phenoxy) is 1. The summed E-state index contributed by atoms with van der Waals surface area (Å²) in [4.78, 5) is 0. The molecule has 2 aromatic carbocycles. The molecule has 23 heavy (non-hydrogen) atoms. The topological polar surface area (TPSA) is 67.5 Å². The van der Waals surface area contributed by atoms with Crippen molar-refractivity contribution in [3.8, 4) is 0 Å². The minimum Gasteiger partial charge on any atom is -0.398 e. The summed E-state index contributed by atoms with van der Waals surface area (Å²) in [5, 5.41) is 13.2. The van der Waals surface area contributed by atoms with Crippen LogP contribution in [0.1, 0.15) is 11.1 Å². The summed E-state index contributed by atoms with van der Waals surface area (Å²) in [6, 6.07) is 13.6. The third-order valence-corrected chi connectivity index (χ3v) is 4.00. The quantitative estimate of drug-likeness (QED) is 0.615. The second-order valence-corrected chi connectivity index (χ2v) is 6.05. The van der Waals surface area contributed by atoms with Crippen LogP contribution < -0.4 is 11.1 Å². The van der Waals surface area contributed by atoms with Crippen molar-refractivity contribution in [1.29, 1.82) is 0 Å². The Morgan fingerprint density at radius 2 is 2.04 bits per heavy atom. The Morgan fingerprint density at radius 1 is 1.30 bits per heavy atom. The normalized spacial score (nSPS) is 11.9. The second kappa shape index (κ2) is 8.72. The second-order valence-electron chi connectivity index (χ2n) is 5.20. The lowest BCUT2D eigenvalue weighted by Crippen LogP contribution is -2.25. The number of aliphatic hydroxyl groups excluding tert-OH is 1. The van der Waals surface area contributed by atoms with E-state index in [1.807, 2.05) is 42.5 Å². The van der Waals surface area contributed by atoms with E-state index in [2.05, 4.69) is 27.8 Å². The highest BCUT2D eigenvalue weighted by atomic mass is 79.9. The van der Waals surface area contributed by atoms with Crippen molar-refractivity contribution in [1.82, 2.24) is 0 Å². The number of nitrogens with two attached hydrogens (primary N) is 1. The molecule has 0 aliphatic heterocycles. The molecule has 0 radical (unpaired) electrons. The van der Waals surface area contributed by atoms with E-state index < -0.39 is 6.10 Å². The monoisotopic (exact) mass is 376 g/mol. The lowest BCUT2D eigenvalue weighted by molar-refractivity contribution is 0.0348. The molecule has 0 saturated carbocycles. The van der Waals surface area contributed by atoms with Crippen molar-refractivity contribution >= 4 is 33.4 Å². The Bertz CT molecular complexity index is 647. The minimum atomic E-state index is -0.602. The van der Waals surface area contributed by atoms with E-state index in [-0.39, 0.29) is 6.61 Å². The number of hydrogen-bond donors (Lipinski definition) is 3. The van der Waals surface area contributed by atoms with E-state index in [1.165, 1.54) is 0 Å². The van der Waals surface area contributed by atoms with Gasteiger partial charge in [-0.1, -0.05) is 43.0 Å². The van der Waals surface area contributed by atoms with Crippen LogP contribution in [0.2, 0.25) is 0 Å². The van der Waals surface area contributed by atoms with Crippen LogP contribution in [0.5, 0.6) is 0 Å². The van der Waals surface area contributed by atoms with E-state index in [1.54, 1.807) is 6.08 Å². The highest BCUT2D eigenvalue weighted by Gasteiger charge is 2.08. The van der Waals surface area contributed by atoms with Crippen LogP contribution in [0.15, 0.2) is 53.5 Å². The van der Waals surface area contributed by atoms with Crippen molar-refractivity contribution in [2.24, 2.45) is 0 Å². The molecular formula is C18H21BrN2O2. The number of aliphatic hydroxyl groups is 1. The van der Waals surface area contributed by atoms with Gasteiger partial charge in [-0.05, 0) is 39.2 Å². The minimum absolute atomic E-state index is 0.267. The summed E-state index contributed by atoms with van der Waals surface area (Å²) in [5.74, 6) is 0. The molecule has 0 fully saturated rings. The van der Waals surface area contributed by atoms with Crippen molar-refractivity contribution in [3.63, 3.8) is 0 Å². The Labute approximate surface area is 145 Å². The molecular weight excluding hydrogens is 356 g/mol.